The Morgan fingerprint density at radius 2 is 1.96 bits per heavy atom. The Kier molecular flexibility index (Phi) is 4.92. The summed E-state index contributed by atoms with van der Waals surface area (Å²) in [6.07, 6.45) is 2.47. The molecule has 0 saturated heterocycles. The summed E-state index contributed by atoms with van der Waals surface area (Å²) in [4.78, 5) is 9.00. The number of fused-ring (bicyclic) bond motifs is 1. The Balaban J connectivity index is 1.60. The Morgan fingerprint density at radius 1 is 1.19 bits per heavy atom. The lowest BCUT2D eigenvalue weighted by molar-refractivity contribution is 0.628. The van der Waals surface area contributed by atoms with Crippen LogP contribution < -0.4 is 5.32 Å². The molecule has 8 heteroatoms. The van der Waals surface area contributed by atoms with Crippen molar-refractivity contribution in [3.63, 3.8) is 0 Å². The van der Waals surface area contributed by atoms with Crippen LogP contribution in [0.15, 0.2) is 46.4 Å². The first-order chi connectivity index (χ1) is 13.0. The van der Waals surface area contributed by atoms with Gasteiger partial charge in [0.2, 0.25) is 0 Å². The van der Waals surface area contributed by atoms with Crippen LogP contribution in [0.4, 0.5) is 14.6 Å². The van der Waals surface area contributed by atoms with Crippen molar-refractivity contribution in [3.8, 4) is 11.3 Å². The van der Waals surface area contributed by atoms with Gasteiger partial charge in [0.15, 0.2) is 11.5 Å². The highest BCUT2D eigenvalue weighted by molar-refractivity contribution is 9.10. The van der Waals surface area contributed by atoms with Gasteiger partial charge in [-0.05, 0) is 52.7 Å². The molecule has 3 aromatic heterocycles. The van der Waals surface area contributed by atoms with E-state index in [1.54, 1.807) is 22.7 Å². The zero-order chi connectivity index (χ0) is 19.0. The highest BCUT2D eigenvalue weighted by Crippen LogP contribution is 2.26. The van der Waals surface area contributed by atoms with Gasteiger partial charge in [0.25, 0.3) is 0 Å². The molecule has 0 atom stereocenters. The van der Waals surface area contributed by atoms with E-state index in [0.717, 1.165) is 27.8 Å². The predicted octanol–water partition coefficient (Wildman–Crippen LogP) is 5.67. The van der Waals surface area contributed by atoms with E-state index in [4.69, 9.17) is 0 Å². The number of thiazole rings is 1. The van der Waals surface area contributed by atoms with Crippen LogP contribution in [0.1, 0.15) is 17.6 Å². The molecule has 4 aromatic rings. The summed E-state index contributed by atoms with van der Waals surface area (Å²) in [7, 11) is 0. The Bertz CT molecular complexity index is 1110. The van der Waals surface area contributed by atoms with Gasteiger partial charge in [-0.25, -0.2) is 18.7 Å². The molecule has 4 rings (SSSR count). The monoisotopic (exact) mass is 448 g/mol. The van der Waals surface area contributed by atoms with E-state index in [0.29, 0.717) is 23.1 Å². The van der Waals surface area contributed by atoms with Crippen LogP contribution in [0.3, 0.4) is 0 Å². The number of hydrogen-bond acceptors (Lipinski definition) is 4. The molecule has 4 nitrogen and oxygen atoms in total. The lowest BCUT2D eigenvalue weighted by atomic mass is 10.2. The zero-order valence-electron chi connectivity index (χ0n) is 14.3. The van der Waals surface area contributed by atoms with Crippen molar-refractivity contribution in [1.29, 1.82) is 0 Å². The van der Waals surface area contributed by atoms with E-state index < -0.39 is 0 Å². The predicted molar refractivity (Wildman–Crippen MR) is 107 cm³/mol. The van der Waals surface area contributed by atoms with Gasteiger partial charge in [-0.1, -0.05) is 6.92 Å². The lowest BCUT2D eigenvalue weighted by Crippen LogP contribution is -2.04. The number of benzene rings is 1. The second-order valence-corrected chi connectivity index (χ2v) is 7.81. The van der Waals surface area contributed by atoms with Crippen molar-refractivity contribution >= 4 is 38.7 Å². The molecular weight excluding hydrogens is 434 g/mol. The van der Waals surface area contributed by atoms with Crippen LogP contribution in [-0.2, 0) is 13.0 Å². The molecule has 0 saturated carbocycles. The van der Waals surface area contributed by atoms with E-state index in [9.17, 15) is 8.78 Å². The molecule has 0 aliphatic heterocycles. The van der Waals surface area contributed by atoms with Crippen molar-refractivity contribution in [2.24, 2.45) is 0 Å². The third-order valence-electron chi connectivity index (χ3n) is 4.15. The standard InChI is InChI=1S/C19H15BrF2N4S/c1-2-15-19(26-9-12(20)7-14(22)18(26)25-15)23-8-17-24-16(10-27-17)11-3-5-13(21)6-4-11/h3-7,9-10,23H,2,8H2,1H3. The van der Waals surface area contributed by atoms with Gasteiger partial charge >= 0.3 is 0 Å². The molecule has 0 bridgehead atoms. The smallest absolute Gasteiger partial charge is 0.175 e. The van der Waals surface area contributed by atoms with Gasteiger partial charge < -0.3 is 5.32 Å². The minimum atomic E-state index is -0.375. The van der Waals surface area contributed by atoms with Crippen LogP contribution >= 0.6 is 27.3 Å². The molecule has 3 heterocycles. The number of rotatable bonds is 5. The number of aromatic nitrogens is 3. The maximum absolute atomic E-state index is 14.2. The molecule has 138 valence electrons. The summed E-state index contributed by atoms with van der Waals surface area (Å²) in [6.45, 7) is 2.47. The summed E-state index contributed by atoms with van der Waals surface area (Å²) in [5.74, 6) is 0.111. The van der Waals surface area contributed by atoms with Gasteiger partial charge in [-0.2, -0.15) is 0 Å². The third-order valence-corrected chi connectivity index (χ3v) is 5.43. The molecule has 0 unspecified atom stereocenters. The van der Waals surface area contributed by atoms with Gasteiger partial charge in [0.1, 0.15) is 16.6 Å². The molecule has 0 aliphatic carbocycles. The van der Waals surface area contributed by atoms with Gasteiger partial charge in [-0.3, -0.25) is 4.40 Å². The van der Waals surface area contributed by atoms with Gasteiger partial charge in [-0.15, -0.1) is 11.3 Å². The number of anilines is 1. The summed E-state index contributed by atoms with van der Waals surface area (Å²) in [6, 6.07) is 7.67. The number of aryl methyl sites for hydroxylation is 1. The van der Waals surface area contributed by atoms with Crippen LogP contribution in [0.25, 0.3) is 16.9 Å². The normalized spacial score (nSPS) is 11.3. The largest absolute Gasteiger partial charge is 0.363 e. The number of imidazole rings is 1. The Hall–Kier alpha value is -2.32. The zero-order valence-corrected chi connectivity index (χ0v) is 16.7. The molecule has 0 fully saturated rings. The quantitative estimate of drug-likeness (QED) is 0.427. The second-order valence-electron chi connectivity index (χ2n) is 5.95. The fourth-order valence-corrected chi connectivity index (χ4v) is 4.01. The molecule has 0 aliphatic rings. The average Bonchev–Trinajstić information content (AvgIpc) is 3.25. The molecule has 0 radical (unpaired) electrons. The highest BCUT2D eigenvalue weighted by atomic mass is 79.9. The maximum atomic E-state index is 14.2. The lowest BCUT2D eigenvalue weighted by Gasteiger charge is -2.07. The van der Waals surface area contributed by atoms with E-state index >= 15 is 0 Å². The summed E-state index contributed by atoms with van der Waals surface area (Å²) >= 11 is 4.84. The molecule has 27 heavy (non-hydrogen) atoms. The maximum Gasteiger partial charge on any atom is 0.175 e. The van der Waals surface area contributed by atoms with Gasteiger partial charge in [0, 0.05) is 21.6 Å². The summed E-state index contributed by atoms with van der Waals surface area (Å²) in [5.41, 5.74) is 2.76. The number of nitrogens with zero attached hydrogens (tertiary/aromatic N) is 3. The molecule has 0 amide bonds. The Labute approximate surface area is 167 Å². The van der Waals surface area contributed by atoms with Crippen LogP contribution in [0, 0.1) is 11.6 Å². The van der Waals surface area contributed by atoms with Crippen molar-refractivity contribution in [2.45, 2.75) is 19.9 Å². The number of halogens is 3. The average molecular weight is 449 g/mol. The van der Waals surface area contributed by atoms with E-state index in [1.807, 2.05) is 12.3 Å². The minimum absolute atomic E-state index is 0.269. The van der Waals surface area contributed by atoms with Crippen molar-refractivity contribution in [1.82, 2.24) is 14.4 Å². The fraction of sp³-hybridized carbons (Fsp3) is 0.158. The summed E-state index contributed by atoms with van der Waals surface area (Å²) < 4.78 is 29.6. The molecule has 1 aromatic carbocycles. The molecular formula is C19H15BrF2N4S. The van der Waals surface area contributed by atoms with E-state index in [-0.39, 0.29) is 11.6 Å². The van der Waals surface area contributed by atoms with Crippen molar-refractivity contribution in [2.75, 3.05) is 5.32 Å². The van der Waals surface area contributed by atoms with Crippen LogP contribution in [0.2, 0.25) is 0 Å². The fourth-order valence-electron chi connectivity index (χ4n) is 2.86. The van der Waals surface area contributed by atoms with Crippen molar-refractivity contribution < 1.29 is 8.78 Å². The summed E-state index contributed by atoms with van der Waals surface area (Å²) in [5, 5.41) is 6.15. The number of pyridine rings is 1. The third kappa shape index (κ3) is 3.59. The molecule has 1 N–H and O–H groups in total. The highest BCUT2D eigenvalue weighted by Gasteiger charge is 2.15. The number of nitrogens with one attached hydrogen (secondary N) is 1. The van der Waals surface area contributed by atoms with Crippen LogP contribution in [0.5, 0.6) is 0 Å². The SMILES string of the molecule is CCc1nc2c(F)cc(Br)cn2c1NCc1nc(-c2ccc(F)cc2)cs1. The second kappa shape index (κ2) is 7.36. The molecule has 0 spiro atoms. The van der Waals surface area contributed by atoms with Gasteiger partial charge in [0.05, 0.1) is 17.9 Å². The first kappa shape index (κ1) is 18.1. The minimum Gasteiger partial charge on any atom is -0.363 e. The van der Waals surface area contributed by atoms with Crippen molar-refractivity contribution in [3.05, 3.63) is 68.7 Å². The first-order valence-corrected chi connectivity index (χ1v) is 10.0. The van der Waals surface area contributed by atoms with E-state index in [1.165, 1.54) is 29.5 Å². The van der Waals surface area contributed by atoms with Crippen LogP contribution in [-0.4, -0.2) is 14.4 Å². The first-order valence-electron chi connectivity index (χ1n) is 8.35. The van der Waals surface area contributed by atoms with E-state index in [2.05, 4.69) is 31.2 Å². The number of hydrogen-bond donors (Lipinski definition) is 1. The Morgan fingerprint density at radius 3 is 2.70 bits per heavy atom. The topological polar surface area (TPSA) is 42.2 Å².